The summed E-state index contributed by atoms with van der Waals surface area (Å²) >= 11 is 1.55. The van der Waals surface area contributed by atoms with Gasteiger partial charge >= 0.3 is 6.18 Å². The average molecular weight is 362 g/mol. The lowest BCUT2D eigenvalue weighted by Gasteiger charge is -2.06. The third-order valence-electron chi connectivity index (χ3n) is 3.46. The van der Waals surface area contributed by atoms with Crippen molar-refractivity contribution in [1.29, 1.82) is 0 Å². The Morgan fingerprint density at radius 2 is 1.96 bits per heavy atom. The Bertz CT molecular complexity index is 1000. The number of alkyl halides is 3. The van der Waals surface area contributed by atoms with Crippen LogP contribution in [-0.4, -0.2) is 20.3 Å². The fourth-order valence-corrected chi connectivity index (χ4v) is 2.96. The minimum Gasteiger partial charge on any atom is -0.332 e. The quantitative estimate of drug-likeness (QED) is 0.564. The Hall–Kier alpha value is -2.94. The van der Waals surface area contributed by atoms with Gasteiger partial charge in [0.25, 0.3) is 5.89 Å². The third-order valence-corrected chi connectivity index (χ3v) is 4.36. The lowest BCUT2D eigenvalue weighted by molar-refractivity contribution is -0.137. The molecule has 1 aromatic carbocycles. The molecule has 0 radical (unpaired) electrons. The molecule has 0 aliphatic carbocycles. The molecule has 0 atom stereocenters. The predicted molar refractivity (Wildman–Crippen MR) is 85.6 cm³/mol. The highest BCUT2D eigenvalue weighted by Gasteiger charge is 2.30. The van der Waals surface area contributed by atoms with E-state index in [0.717, 1.165) is 22.7 Å². The van der Waals surface area contributed by atoms with E-state index >= 15 is 0 Å². The largest absolute Gasteiger partial charge is 0.416 e. The molecule has 4 rings (SSSR count). The molecule has 0 saturated heterocycles. The molecule has 5 nitrogen and oxygen atoms in total. The van der Waals surface area contributed by atoms with Crippen LogP contribution in [0, 0.1) is 0 Å². The Kier molecular flexibility index (Phi) is 3.65. The normalized spacial score (nSPS) is 11.8. The number of aromatic amines is 1. The van der Waals surface area contributed by atoms with Crippen molar-refractivity contribution in [3.63, 3.8) is 0 Å². The zero-order valence-corrected chi connectivity index (χ0v) is 13.2. The Morgan fingerprint density at radius 1 is 1.08 bits per heavy atom. The van der Waals surface area contributed by atoms with Crippen molar-refractivity contribution < 1.29 is 17.7 Å². The summed E-state index contributed by atoms with van der Waals surface area (Å²) < 4.78 is 43.6. The number of hydrogen-bond donors (Lipinski definition) is 1. The zero-order valence-electron chi connectivity index (χ0n) is 12.4. The second-order valence-electron chi connectivity index (χ2n) is 5.15. The molecule has 0 unspecified atom stereocenters. The molecule has 4 aromatic rings. The van der Waals surface area contributed by atoms with Crippen molar-refractivity contribution in [1.82, 2.24) is 20.3 Å². The summed E-state index contributed by atoms with van der Waals surface area (Å²) in [6.07, 6.45) is -4.43. The van der Waals surface area contributed by atoms with Gasteiger partial charge in [-0.25, -0.2) is 0 Å². The van der Waals surface area contributed by atoms with Crippen molar-refractivity contribution in [3.8, 4) is 33.5 Å². The van der Waals surface area contributed by atoms with Crippen LogP contribution in [0.1, 0.15) is 5.56 Å². The summed E-state index contributed by atoms with van der Waals surface area (Å²) in [4.78, 5) is 5.14. The monoisotopic (exact) mass is 362 g/mol. The van der Waals surface area contributed by atoms with E-state index in [1.165, 1.54) is 12.1 Å². The van der Waals surface area contributed by atoms with Gasteiger partial charge in [-0.05, 0) is 29.6 Å². The summed E-state index contributed by atoms with van der Waals surface area (Å²) in [6, 6.07) is 10.4. The first-order chi connectivity index (χ1) is 12.0. The van der Waals surface area contributed by atoms with Gasteiger partial charge in [-0.1, -0.05) is 23.4 Å². The van der Waals surface area contributed by atoms with Gasteiger partial charge in [0.15, 0.2) is 5.69 Å². The van der Waals surface area contributed by atoms with E-state index in [1.807, 2.05) is 17.5 Å². The molecule has 0 bridgehead atoms. The molecule has 3 aromatic heterocycles. The topological polar surface area (TPSA) is 67.6 Å². The van der Waals surface area contributed by atoms with E-state index < -0.39 is 11.7 Å². The number of thiophene rings is 1. The molecular formula is C16H9F3N4OS. The summed E-state index contributed by atoms with van der Waals surface area (Å²) in [5.74, 6) is 0.202. The molecule has 126 valence electrons. The number of nitrogens with one attached hydrogen (secondary N) is 1. The first-order valence-electron chi connectivity index (χ1n) is 7.12. The fraction of sp³-hybridized carbons (Fsp3) is 0.0625. The summed E-state index contributed by atoms with van der Waals surface area (Å²) in [5, 5.41) is 12.7. The zero-order chi connectivity index (χ0) is 17.4. The number of nitrogens with zero attached hydrogens (tertiary/aromatic N) is 3. The van der Waals surface area contributed by atoms with Crippen molar-refractivity contribution >= 4 is 11.3 Å². The molecule has 0 saturated carbocycles. The number of aromatic nitrogens is 4. The highest BCUT2D eigenvalue weighted by Crippen LogP contribution is 2.32. The highest BCUT2D eigenvalue weighted by atomic mass is 32.1. The molecule has 0 aliphatic heterocycles. The van der Waals surface area contributed by atoms with Crippen LogP contribution in [0.3, 0.4) is 0 Å². The molecule has 25 heavy (non-hydrogen) atoms. The number of H-pyrrole nitrogens is 1. The smallest absolute Gasteiger partial charge is 0.332 e. The number of rotatable bonds is 3. The number of benzene rings is 1. The van der Waals surface area contributed by atoms with E-state index in [-0.39, 0.29) is 17.3 Å². The third kappa shape index (κ3) is 3.05. The predicted octanol–water partition coefficient (Wildman–Crippen LogP) is 4.87. The first kappa shape index (κ1) is 15.6. The number of hydrogen-bond acceptors (Lipinski definition) is 5. The number of halogens is 3. The molecule has 0 amide bonds. The molecular weight excluding hydrogens is 353 g/mol. The minimum absolute atomic E-state index is 0.0711. The average Bonchev–Trinajstić information content (AvgIpc) is 3.33. The van der Waals surface area contributed by atoms with E-state index in [4.69, 9.17) is 4.52 Å². The standard InChI is InChI=1S/C16H9F3N4OS/c17-16(18,19)10-4-1-3-9(7-10)14-20-15(24-23-14)12-8-11(21-22-12)13-5-2-6-25-13/h1-8H,(H,21,22). The molecule has 1 N–H and O–H groups in total. The lowest BCUT2D eigenvalue weighted by Crippen LogP contribution is -2.04. The second kappa shape index (κ2) is 5.85. The van der Waals surface area contributed by atoms with E-state index in [0.29, 0.717) is 5.69 Å². The fourth-order valence-electron chi connectivity index (χ4n) is 2.27. The minimum atomic E-state index is -4.43. The maximum atomic E-state index is 12.8. The summed E-state index contributed by atoms with van der Waals surface area (Å²) in [5.41, 5.74) is 0.674. The van der Waals surface area contributed by atoms with Gasteiger partial charge in [0.2, 0.25) is 5.82 Å². The van der Waals surface area contributed by atoms with Crippen LogP contribution in [0.2, 0.25) is 0 Å². The maximum Gasteiger partial charge on any atom is 0.416 e. The molecule has 0 spiro atoms. The Morgan fingerprint density at radius 3 is 2.72 bits per heavy atom. The van der Waals surface area contributed by atoms with E-state index in [1.54, 1.807) is 17.4 Å². The van der Waals surface area contributed by atoms with Crippen LogP contribution in [0.4, 0.5) is 13.2 Å². The van der Waals surface area contributed by atoms with Crippen LogP contribution < -0.4 is 0 Å². The maximum absolute atomic E-state index is 12.8. The van der Waals surface area contributed by atoms with Crippen LogP contribution in [-0.2, 0) is 6.18 Å². The van der Waals surface area contributed by atoms with Gasteiger partial charge in [0, 0.05) is 5.56 Å². The van der Waals surface area contributed by atoms with Crippen molar-refractivity contribution in [2.45, 2.75) is 6.18 Å². The van der Waals surface area contributed by atoms with Crippen LogP contribution >= 0.6 is 11.3 Å². The van der Waals surface area contributed by atoms with Gasteiger partial charge in [0.05, 0.1) is 16.1 Å². The van der Waals surface area contributed by atoms with Crippen molar-refractivity contribution in [2.24, 2.45) is 0 Å². The van der Waals surface area contributed by atoms with E-state index in [2.05, 4.69) is 20.3 Å². The Labute approximate surface area is 143 Å². The highest BCUT2D eigenvalue weighted by molar-refractivity contribution is 7.13. The molecule has 3 heterocycles. The van der Waals surface area contributed by atoms with Gasteiger partial charge < -0.3 is 4.52 Å². The second-order valence-corrected chi connectivity index (χ2v) is 6.09. The van der Waals surface area contributed by atoms with Crippen LogP contribution in [0.25, 0.3) is 33.5 Å². The first-order valence-corrected chi connectivity index (χ1v) is 8.00. The summed E-state index contributed by atoms with van der Waals surface area (Å²) in [7, 11) is 0. The molecule has 9 heteroatoms. The van der Waals surface area contributed by atoms with Crippen LogP contribution in [0.15, 0.2) is 52.4 Å². The SMILES string of the molecule is FC(F)(F)c1cccc(-c2noc(-c3cc(-c4cccs4)[nH]n3)n2)c1. The van der Waals surface area contributed by atoms with Crippen molar-refractivity contribution in [2.75, 3.05) is 0 Å². The molecule has 0 aliphatic rings. The van der Waals surface area contributed by atoms with Gasteiger partial charge in [0.1, 0.15) is 0 Å². The van der Waals surface area contributed by atoms with Gasteiger partial charge in [-0.2, -0.15) is 23.3 Å². The van der Waals surface area contributed by atoms with Crippen molar-refractivity contribution in [3.05, 3.63) is 53.4 Å². The molecule has 0 fully saturated rings. The van der Waals surface area contributed by atoms with Gasteiger partial charge in [-0.15, -0.1) is 11.3 Å². The lowest BCUT2D eigenvalue weighted by atomic mass is 10.1. The van der Waals surface area contributed by atoms with Crippen LogP contribution in [0.5, 0.6) is 0 Å². The summed E-state index contributed by atoms with van der Waals surface area (Å²) in [6.45, 7) is 0. The van der Waals surface area contributed by atoms with Gasteiger partial charge in [-0.3, -0.25) is 5.10 Å². The van der Waals surface area contributed by atoms with E-state index in [9.17, 15) is 13.2 Å². The Balaban J connectivity index is 1.65.